The first-order valence-corrected chi connectivity index (χ1v) is 9.11. The number of fused-ring (bicyclic) bond motifs is 1. The Hall–Kier alpha value is -3.27. The average molecular weight is 357 g/mol. The van der Waals surface area contributed by atoms with Crippen molar-refractivity contribution in [3.05, 3.63) is 89.7 Å². The number of imidazole rings is 1. The Labute approximate surface area is 159 Å². The van der Waals surface area contributed by atoms with Crippen LogP contribution in [0.1, 0.15) is 17.0 Å². The molecule has 1 N–H and O–H groups in total. The van der Waals surface area contributed by atoms with E-state index in [0.29, 0.717) is 6.54 Å². The number of nitrogens with zero attached hydrogens (tertiary/aromatic N) is 2. The number of hydrogen-bond donors (Lipinski definition) is 1. The predicted molar refractivity (Wildman–Crippen MR) is 110 cm³/mol. The number of aryl methyl sites for hydroxylation is 1. The first-order valence-electron chi connectivity index (χ1n) is 9.11. The van der Waals surface area contributed by atoms with E-state index in [2.05, 4.69) is 65.3 Å². The van der Waals surface area contributed by atoms with Crippen molar-refractivity contribution < 1.29 is 4.74 Å². The lowest BCUT2D eigenvalue weighted by atomic mass is 10.2. The topological polar surface area (TPSA) is 39.1 Å². The van der Waals surface area contributed by atoms with E-state index < -0.39 is 0 Å². The quantitative estimate of drug-likeness (QED) is 0.527. The standard InChI is InChI=1S/C23H23N3O/c1-17-25-21-14-20(24-15-19-10-6-7-11-23(19)27-2)12-13-22(21)26(17)16-18-8-4-3-5-9-18/h3-14,24H,15-16H2,1-2H3. The van der Waals surface area contributed by atoms with E-state index in [0.717, 1.165) is 40.4 Å². The van der Waals surface area contributed by atoms with Gasteiger partial charge in [-0.25, -0.2) is 4.98 Å². The number of rotatable bonds is 6. The van der Waals surface area contributed by atoms with Gasteiger partial charge in [-0.3, -0.25) is 0 Å². The van der Waals surface area contributed by atoms with Crippen molar-refractivity contribution in [2.24, 2.45) is 0 Å². The van der Waals surface area contributed by atoms with Gasteiger partial charge in [0.2, 0.25) is 0 Å². The highest BCUT2D eigenvalue weighted by molar-refractivity contribution is 5.80. The van der Waals surface area contributed by atoms with Crippen LogP contribution in [0.4, 0.5) is 5.69 Å². The van der Waals surface area contributed by atoms with Gasteiger partial charge in [0, 0.05) is 24.3 Å². The van der Waals surface area contributed by atoms with Gasteiger partial charge in [0.05, 0.1) is 18.1 Å². The van der Waals surface area contributed by atoms with Crippen molar-refractivity contribution >= 4 is 16.7 Å². The van der Waals surface area contributed by atoms with Crippen molar-refractivity contribution in [1.29, 1.82) is 0 Å². The van der Waals surface area contributed by atoms with Crippen molar-refractivity contribution in [3.8, 4) is 5.75 Å². The fraction of sp³-hybridized carbons (Fsp3) is 0.174. The molecular weight excluding hydrogens is 334 g/mol. The summed E-state index contributed by atoms with van der Waals surface area (Å²) in [5, 5.41) is 3.48. The van der Waals surface area contributed by atoms with Crippen LogP contribution in [-0.2, 0) is 13.1 Å². The highest BCUT2D eigenvalue weighted by atomic mass is 16.5. The normalized spacial score (nSPS) is 10.9. The molecule has 4 nitrogen and oxygen atoms in total. The number of anilines is 1. The van der Waals surface area contributed by atoms with Crippen LogP contribution in [0.25, 0.3) is 11.0 Å². The third-order valence-electron chi connectivity index (χ3n) is 4.80. The van der Waals surface area contributed by atoms with Crippen LogP contribution in [0.15, 0.2) is 72.8 Å². The van der Waals surface area contributed by atoms with Crippen LogP contribution in [0.5, 0.6) is 5.75 Å². The molecule has 3 aromatic carbocycles. The van der Waals surface area contributed by atoms with E-state index in [1.165, 1.54) is 5.56 Å². The first kappa shape index (κ1) is 17.2. The molecule has 136 valence electrons. The van der Waals surface area contributed by atoms with Crippen molar-refractivity contribution in [2.45, 2.75) is 20.0 Å². The van der Waals surface area contributed by atoms with E-state index in [-0.39, 0.29) is 0 Å². The minimum atomic E-state index is 0.708. The zero-order chi connectivity index (χ0) is 18.6. The van der Waals surface area contributed by atoms with Gasteiger partial charge in [-0.05, 0) is 36.8 Å². The van der Waals surface area contributed by atoms with Crippen molar-refractivity contribution in [1.82, 2.24) is 9.55 Å². The van der Waals surface area contributed by atoms with E-state index >= 15 is 0 Å². The zero-order valence-corrected chi connectivity index (χ0v) is 15.6. The molecule has 0 fully saturated rings. The van der Waals surface area contributed by atoms with Gasteiger partial charge in [-0.1, -0.05) is 48.5 Å². The number of nitrogens with one attached hydrogen (secondary N) is 1. The molecule has 4 rings (SSSR count). The summed E-state index contributed by atoms with van der Waals surface area (Å²) in [6.45, 7) is 3.60. The maximum atomic E-state index is 5.42. The Morgan fingerprint density at radius 3 is 2.56 bits per heavy atom. The molecule has 0 amide bonds. The highest BCUT2D eigenvalue weighted by Crippen LogP contribution is 2.23. The monoisotopic (exact) mass is 357 g/mol. The van der Waals surface area contributed by atoms with Gasteiger partial charge < -0.3 is 14.6 Å². The molecule has 0 saturated heterocycles. The van der Waals surface area contributed by atoms with Crippen LogP contribution in [0.2, 0.25) is 0 Å². The summed E-state index contributed by atoms with van der Waals surface area (Å²) >= 11 is 0. The summed E-state index contributed by atoms with van der Waals surface area (Å²) in [6.07, 6.45) is 0. The number of hydrogen-bond acceptors (Lipinski definition) is 3. The summed E-state index contributed by atoms with van der Waals surface area (Å²) in [4.78, 5) is 4.76. The fourth-order valence-electron chi connectivity index (χ4n) is 3.37. The second kappa shape index (κ2) is 7.54. The van der Waals surface area contributed by atoms with Gasteiger partial charge in [0.25, 0.3) is 0 Å². The Bertz CT molecular complexity index is 1050. The van der Waals surface area contributed by atoms with Gasteiger partial charge in [0.15, 0.2) is 0 Å². The molecule has 27 heavy (non-hydrogen) atoms. The molecule has 1 aromatic heterocycles. The average Bonchev–Trinajstić information content (AvgIpc) is 3.02. The lowest BCUT2D eigenvalue weighted by Gasteiger charge is -2.11. The van der Waals surface area contributed by atoms with Gasteiger partial charge in [0.1, 0.15) is 11.6 Å². The van der Waals surface area contributed by atoms with Crippen molar-refractivity contribution in [3.63, 3.8) is 0 Å². The van der Waals surface area contributed by atoms with Crippen LogP contribution < -0.4 is 10.1 Å². The summed E-state index contributed by atoms with van der Waals surface area (Å²) in [7, 11) is 1.70. The lowest BCUT2D eigenvalue weighted by Crippen LogP contribution is -2.02. The maximum Gasteiger partial charge on any atom is 0.123 e. The summed E-state index contributed by atoms with van der Waals surface area (Å²) in [5.74, 6) is 1.92. The minimum Gasteiger partial charge on any atom is -0.496 e. The minimum absolute atomic E-state index is 0.708. The molecule has 0 aliphatic rings. The fourth-order valence-corrected chi connectivity index (χ4v) is 3.37. The molecule has 0 aliphatic heterocycles. The molecule has 0 spiro atoms. The molecule has 4 aromatic rings. The van der Waals surface area contributed by atoms with Crippen LogP contribution >= 0.6 is 0 Å². The smallest absolute Gasteiger partial charge is 0.123 e. The number of methoxy groups -OCH3 is 1. The number of benzene rings is 3. The molecular formula is C23H23N3O. The summed E-state index contributed by atoms with van der Waals surface area (Å²) < 4.78 is 7.68. The van der Waals surface area contributed by atoms with Crippen molar-refractivity contribution in [2.75, 3.05) is 12.4 Å². The molecule has 0 bridgehead atoms. The van der Waals surface area contributed by atoms with Crippen LogP contribution in [-0.4, -0.2) is 16.7 Å². The Morgan fingerprint density at radius 1 is 0.963 bits per heavy atom. The van der Waals surface area contributed by atoms with Gasteiger partial charge >= 0.3 is 0 Å². The Balaban J connectivity index is 1.56. The number of ether oxygens (including phenoxy) is 1. The first-order chi connectivity index (χ1) is 13.2. The Kier molecular flexibility index (Phi) is 4.79. The van der Waals surface area contributed by atoms with E-state index in [9.17, 15) is 0 Å². The van der Waals surface area contributed by atoms with Crippen LogP contribution in [0, 0.1) is 6.92 Å². The molecule has 0 saturated carbocycles. The predicted octanol–water partition coefficient (Wildman–Crippen LogP) is 5.01. The van der Waals surface area contributed by atoms with Crippen LogP contribution in [0.3, 0.4) is 0 Å². The molecule has 0 atom stereocenters. The summed E-state index contributed by atoms with van der Waals surface area (Å²) in [6, 6.07) is 24.9. The van der Waals surface area contributed by atoms with E-state index in [1.54, 1.807) is 7.11 Å². The molecule has 4 heteroatoms. The highest BCUT2D eigenvalue weighted by Gasteiger charge is 2.09. The molecule has 0 radical (unpaired) electrons. The molecule has 0 unspecified atom stereocenters. The molecule has 0 aliphatic carbocycles. The number of aromatic nitrogens is 2. The SMILES string of the molecule is COc1ccccc1CNc1ccc2c(c1)nc(C)n2Cc1ccccc1. The van der Waals surface area contributed by atoms with Gasteiger partial charge in [-0.2, -0.15) is 0 Å². The third-order valence-corrected chi connectivity index (χ3v) is 4.80. The summed E-state index contributed by atoms with van der Waals surface area (Å²) in [5.41, 5.74) is 5.62. The second-order valence-corrected chi connectivity index (χ2v) is 6.60. The second-order valence-electron chi connectivity index (χ2n) is 6.60. The number of para-hydroxylation sites is 1. The maximum absolute atomic E-state index is 5.42. The largest absolute Gasteiger partial charge is 0.496 e. The van der Waals surface area contributed by atoms with E-state index in [1.807, 2.05) is 24.3 Å². The molecule has 1 heterocycles. The Morgan fingerprint density at radius 2 is 1.74 bits per heavy atom. The zero-order valence-electron chi connectivity index (χ0n) is 15.6. The van der Waals surface area contributed by atoms with Gasteiger partial charge in [-0.15, -0.1) is 0 Å². The lowest BCUT2D eigenvalue weighted by molar-refractivity contribution is 0.410. The van der Waals surface area contributed by atoms with E-state index in [4.69, 9.17) is 9.72 Å². The third kappa shape index (κ3) is 3.65.